The second-order valence-corrected chi connectivity index (χ2v) is 10.4. The summed E-state index contributed by atoms with van der Waals surface area (Å²) in [6, 6.07) is 0.247. The van der Waals surface area contributed by atoms with E-state index in [-0.39, 0.29) is 23.8 Å². The van der Waals surface area contributed by atoms with E-state index in [9.17, 15) is 9.59 Å². The molecule has 0 aromatic carbocycles. The maximum Gasteiger partial charge on any atom is 0.225 e. The molecule has 4 saturated carbocycles. The highest BCUT2D eigenvalue weighted by Crippen LogP contribution is 2.61. The molecule has 5 fully saturated rings. The van der Waals surface area contributed by atoms with Crippen LogP contribution in [0.1, 0.15) is 58.3 Å². The summed E-state index contributed by atoms with van der Waals surface area (Å²) in [4.78, 5) is 29.3. The molecule has 1 heterocycles. The lowest BCUT2D eigenvalue weighted by Gasteiger charge is -2.59. The number of hydrogen-bond donors (Lipinski definition) is 1. The van der Waals surface area contributed by atoms with Crippen molar-refractivity contribution in [2.24, 2.45) is 29.1 Å². The molecule has 0 spiro atoms. The first-order chi connectivity index (χ1) is 12.8. The quantitative estimate of drug-likeness (QED) is 0.744. The van der Waals surface area contributed by atoms with E-state index in [2.05, 4.69) is 17.1 Å². The molecular formula is C22H37N3O2. The third-order valence-corrected chi connectivity index (χ3v) is 7.98. The topological polar surface area (TPSA) is 52.7 Å². The van der Waals surface area contributed by atoms with Gasteiger partial charge < -0.3 is 15.1 Å². The molecule has 1 saturated heterocycles. The van der Waals surface area contributed by atoms with Crippen LogP contribution in [0.15, 0.2) is 0 Å². The minimum Gasteiger partial charge on any atom is -0.353 e. The van der Waals surface area contributed by atoms with E-state index in [4.69, 9.17) is 0 Å². The molecule has 152 valence electrons. The highest BCUT2D eigenvalue weighted by Gasteiger charge is 2.53. The molecule has 2 amide bonds. The van der Waals surface area contributed by atoms with Gasteiger partial charge in [-0.3, -0.25) is 9.59 Å². The predicted molar refractivity (Wildman–Crippen MR) is 106 cm³/mol. The van der Waals surface area contributed by atoms with Crippen LogP contribution in [0.3, 0.4) is 0 Å². The van der Waals surface area contributed by atoms with Gasteiger partial charge in [0.15, 0.2) is 0 Å². The number of amides is 2. The number of likely N-dealkylation sites (tertiary alicyclic amines) is 1. The van der Waals surface area contributed by atoms with Crippen LogP contribution in [-0.2, 0) is 9.59 Å². The number of carbonyl (C=O) groups is 2. The monoisotopic (exact) mass is 375 g/mol. The summed E-state index contributed by atoms with van der Waals surface area (Å²) in [6.07, 6.45) is 9.57. The Balaban J connectivity index is 1.31. The van der Waals surface area contributed by atoms with Gasteiger partial charge in [-0.2, -0.15) is 0 Å². The van der Waals surface area contributed by atoms with Crippen LogP contribution in [0.4, 0.5) is 0 Å². The summed E-state index contributed by atoms with van der Waals surface area (Å²) < 4.78 is 0. The molecule has 4 bridgehead atoms. The molecule has 0 aromatic rings. The summed E-state index contributed by atoms with van der Waals surface area (Å²) in [7, 11) is 4.10. The van der Waals surface area contributed by atoms with Gasteiger partial charge in [0.25, 0.3) is 0 Å². The summed E-state index contributed by atoms with van der Waals surface area (Å²) in [5, 5.41) is 3.37. The fraction of sp³-hybridized carbons (Fsp3) is 0.909. The highest BCUT2D eigenvalue weighted by atomic mass is 16.2. The Labute approximate surface area is 164 Å². The van der Waals surface area contributed by atoms with Gasteiger partial charge in [-0.25, -0.2) is 0 Å². The Morgan fingerprint density at radius 3 is 2.33 bits per heavy atom. The first-order valence-corrected chi connectivity index (χ1v) is 11.1. The first kappa shape index (κ1) is 19.2. The fourth-order valence-electron chi connectivity index (χ4n) is 6.93. The molecule has 4 aliphatic carbocycles. The molecule has 5 nitrogen and oxygen atoms in total. The Morgan fingerprint density at radius 2 is 1.78 bits per heavy atom. The Morgan fingerprint density at radius 1 is 1.19 bits per heavy atom. The molecule has 5 heteroatoms. The lowest BCUT2D eigenvalue weighted by atomic mass is 9.48. The SMILES string of the molecule is CC(NC(=O)C1CC(=O)N(CCCN(C)C)C1)C12CC3CC(CC(C3)C1)C2. The third kappa shape index (κ3) is 3.90. The van der Waals surface area contributed by atoms with Crippen molar-refractivity contribution >= 4 is 11.8 Å². The smallest absolute Gasteiger partial charge is 0.225 e. The lowest BCUT2D eigenvalue weighted by molar-refractivity contribution is -0.131. The molecular weight excluding hydrogens is 338 g/mol. The number of hydrogen-bond acceptors (Lipinski definition) is 3. The maximum atomic E-state index is 12.9. The van der Waals surface area contributed by atoms with Crippen molar-refractivity contribution in [2.45, 2.75) is 64.3 Å². The minimum absolute atomic E-state index is 0.113. The van der Waals surface area contributed by atoms with Gasteiger partial charge in [0.05, 0.1) is 5.92 Å². The van der Waals surface area contributed by atoms with Crippen molar-refractivity contribution in [2.75, 3.05) is 33.7 Å². The average molecular weight is 376 g/mol. The molecule has 5 rings (SSSR count). The van der Waals surface area contributed by atoms with Gasteiger partial charge in [-0.1, -0.05) is 0 Å². The van der Waals surface area contributed by atoms with Crippen molar-refractivity contribution in [3.8, 4) is 0 Å². The van der Waals surface area contributed by atoms with E-state index in [0.717, 1.165) is 37.3 Å². The molecule has 1 aliphatic heterocycles. The summed E-state index contributed by atoms with van der Waals surface area (Å²) >= 11 is 0. The first-order valence-electron chi connectivity index (χ1n) is 11.1. The van der Waals surface area contributed by atoms with Crippen LogP contribution < -0.4 is 5.32 Å². The Hall–Kier alpha value is -1.10. The van der Waals surface area contributed by atoms with Gasteiger partial charge in [0, 0.05) is 25.6 Å². The van der Waals surface area contributed by atoms with Crippen LogP contribution in [0, 0.1) is 29.1 Å². The lowest BCUT2D eigenvalue weighted by Crippen LogP contribution is -2.56. The van der Waals surface area contributed by atoms with E-state index in [1.165, 1.54) is 38.5 Å². The van der Waals surface area contributed by atoms with Crippen LogP contribution >= 0.6 is 0 Å². The van der Waals surface area contributed by atoms with E-state index >= 15 is 0 Å². The molecule has 5 aliphatic rings. The standard InChI is InChI=1S/C22H37N3O2/c1-15(22-11-16-7-17(12-22)9-18(8-16)13-22)23-21(27)19-10-20(26)25(14-19)6-4-5-24(2)3/h15-19H,4-14H2,1-3H3,(H,23,27). The van der Waals surface area contributed by atoms with E-state index in [0.29, 0.717) is 18.4 Å². The molecule has 0 radical (unpaired) electrons. The second kappa shape index (κ2) is 7.38. The van der Waals surface area contributed by atoms with E-state index in [1.54, 1.807) is 0 Å². The van der Waals surface area contributed by atoms with Crippen LogP contribution in [0.25, 0.3) is 0 Å². The largest absolute Gasteiger partial charge is 0.353 e. The van der Waals surface area contributed by atoms with Crippen LogP contribution in [0.5, 0.6) is 0 Å². The Bertz CT molecular complexity index is 553. The molecule has 1 N–H and O–H groups in total. The zero-order chi connectivity index (χ0) is 19.2. The minimum atomic E-state index is -0.159. The van der Waals surface area contributed by atoms with Crippen molar-refractivity contribution in [1.82, 2.24) is 15.1 Å². The van der Waals surface area contributed by atoms with E-state index < -0.39 is 0 Å². The zero-order valence-electron chi connectivity index (χ0n) is 17.4. The van der Waals surface area contributed by atoms with Gasteiger partial charge in [-0.05, 0) is 95.7 Å². The van der Waals surface area contributed by atoms with Gasteiger partial charge in [0.2, 0.25) is 11.8 Å². The zero-order valence-corrected chi connectivity index (χ0v) is 17.4. The Kier molecular flexibility index (Phi) is 5.26. The molecule has 0 aromatic heterocycles. The van der Waals surface area contributed by atoms with Gasteiger partial charge in [-0.15, -0.1) is 0 Å². The second-order valence-electron chi connectivity index (χ2n) is 10.4. The number of nitrogens with one attached hydrogen (secondary N) is 1. The average Bonchev–Trinajstić information content (AvgIpc) is 2.94. The van der Waals surface area contributed by atoms with E-state index in [1.807, 2.05) is 19.0 Å². The number of rotatable bonds is 7. The van der Waals surface area contributed by atoms with Gasteiger partial charge in [0.1, 0.15) is 0 Å². The summed E-state index contributed by atoms with van der Waals surface area (Å²) in [6.45, 7) is 4.58. The van der Waals surface area contributed by atoms with Gasteiger partial charge >= 0.3 is 0 Å². The molecule has 2 atom stereocenters. The highest BCUT2D eigenvalue weighted by molar-refractivity contribution is 5.89. The maximum absolute atomic E-state index is 12.9. The normalized spacial score (nSPS) is 38.7. The summed E-state index contributed by atoms with van der Waals surface area (Å²) in [5.41, 5.74) is 0.332. The number of nitrogens with zero attached hydrogens (tertiary/aromatic N) is 2. The van der Waals surface area contributed by atoms with Crippen molar-refractivity contribution in [3.05, 3.63) is 0 Å². The molecule has 2 unspecified atom stereocenters. The van der Waals surface area contributed by atoms with Crippen LogP contribution in [-0.4, -0.2) is 61.4 Å². The van der Waals surface area contributed by atoms with Crippen molar-refractivity contribution < 1.29 is 9.59 Å². The van der Waals surface area contributed by atoms with Crippen molar-refractivity contribution in [3.63, 3.8) is 0 Å². The third-order valence-electron chi connectivity index (χ3n) is 7.98. The number of carbonyl (C=O) groups excluding carboxylic acids is 2. The summed E-state index contributed by atoms with van der Waals surface area (Å²) in [5.74, 6) is 2.80. The fourth-order valence-corrected chi connectivity index (χ4v) is 6.93. The van der Waals surface area contributed by atoms with Crippen LogP contribution in [0.2, 0.25) is 0 Å². The molecule has 27 heavy (non-hydrogen) atoms. The predicted octanol–water partition coefficient (Wildman–Crippen LogP) is 2.51. The van der Waals surface area contributed by atoms with Crippen molar-refractivity contribution in [1.29, 1.82) is 0 Å².